The second-order valence-corrected chi connectivity index (χ2v) is 6.98. The first-order valence-electron chi connectivity index (χ1n) is 8.22. The number of likely N-dealkylation sites (N-methyl/N-ethyl adjacent to an activating group) is 1. The molecule has 1 atom stereocenters. The van der Waals surface area contributed by atoms with Crippen LogP contribution in [0.5, 0.6) is 0 Å². The van der Waals surface area contributed by atoms with E-state index in [2.05, 4.69) is 18.2 Å². The van der Waals surface area contributed by atoms with E-state index >= 15 is 0 Å². The minimum Gasteiger partial charge on any atom is -0.270 e. The Morgan fingerprint density at radius 2 is 1.84 bits per heavy atom. The van der Waals surface area contributed by atoms with Crippen molar-refractivity contribution in [3.05, 3.63) is 35.7 Å². The van der Waals surface area contributed by atoms with E-state index in [4.69, 9.17) is 0 Å². The Labute approximate surface area is 147 Å². The van der Waals surface area contributed by atoms with Crippen LogP contribution in [0.3, 0.4) is 0 Å². The van der Waals surface area contributed by atoms with E-state index in [1.807, 2.05) is 29.9 Å². The molecular weight excluding hydrogens is 318 g/mol. The van der Waals surface area contributed by atoms with Crippen LogP contribution in [-0.2, 0) is 11.3 Å². The van der Waals surface area contributed by atoms with E-state index in [9.17, 15) is 9.59 Å². The second kappa shape index (κ2) is 5.68. The molecule has 0 spiro atoms. The van der Waals surface area contributed by atoms with Crippen molar-refractivity contribution in [1.82, 2.24) is 14.4 Å². The largest absolute Gasteiger partial charge is 0.402 e. The van der Waals surface area contributed by atoms with Gasteiger partial charge >= 0.3 is 12.0 Å². The number of hydrogen-bond acceptors (Lipinski definition) is 3. The van der Waals surface area contributed by atoms with Gasteiger partial charge in [-0.05, 0) is 33.3 Å². The van der Waals surface area contributed by atoms with Crippen molar-refractivity contribution >= 4 is 23.7 Å². The molecule has 1 saturated heterocycles. The molecular formula is C18H24N5O2+. The molecule has 132 valence electrons. The van der Waals surface area contributed by atoms with Crippen LogP contribution in [-0.4, -0.2) is 45.7 Å². The van der Waals surface area contributed by atoms with Crippen LogP contribution < -0.4 is 4.57 Å². The molecule has 0 N–H and O–H groups in total. The lowest BCUT2D eigenvalue weighted by Crippen LogP contribution is -2.58. The molecule has 1 aromatic rings. The first kappa shape index (κ1) is 17.1. The summed E-state index contributed by atoms with van der Waals surface area (Å²) in [7, 11) is 1.66. The monoisotopic (exact) mass is 342 g/mol. The summed E-state index contributed by atoms with van der Waals surface area (Å²) in [4.78, 5) is 33.0. The van der Waals surface area contributed by atoms with Gasteiger partial charge in [0.05, 0.1) is 13.1 Å². The molecule has 1 fully saturated rings. The fraction of sp³-hybridized carbons (Fsp3) is 0.444. The molecule has 7 nitrogen and oxygen atoms in total. The van der Waals surface area contributed by atoms with E-state index in [0.29, 0.717) is 18.3 Å². The van der Waals surface area contributed by atoms with Crippen LogP contribution in [0.25, 0.3) is 0 Å². The highest BCUT2D eigenvalue weighted by Crippen LogP contribution is 2.35. The summed E-state index contributed by atoms with van der Waals surface area (Å²) in [5, 5.41) is 0. The van der Waals surface area contributed by atoms with E-state index < -0.39 is 6.04 Å². The lowest BCUT2D eigenvalue weighted by Gasteiger charge is -2.33. The van der Waals surface area contributed by atoms with Gasteiger partial charge in [0.25, 0.3) is 5.91 Å². The molecule has 0 aliphatic carbocycles. The number of imidazole rings is 1. The van der Waals surface area contributed by atoms with E-state index in [1.165, 1.54) is 9.80 Å². The zero-order valence-electron chi connectivity index (χ0n) is 15.5. The summed E-state index contributed by atoms with van der Waals surface area (Å²) in [6.07, 6.45) is 0. The SMILES string of the molecule is C=C(C)CN1C(=O)C2C(=Nc3n2c(C)c(C)[n+]3CC(=C)C)N(C)C1=O. The number of fused-ring (bicyclic) bond motifs is 3. The van der Waals surface area contributed by atoms with Crippen LogP contribution in [0.1, 0.15) is 31.3 Å². The number of aliphatic imine (C=N–C) groups is 1. The summed E-state index contributed by atoms with van der Waals surface area (Å²) in [5.41, 5.74) is 3.76. The minimum absolute atomic E-state index is 0.214. The predicted octanol–water partition coefficient (Wildman–Crippen LogP) is 2.02. The molecule has 0 saturated carbocycles. The first-order valence-corrected chi connectivity index (χ1v) is 8.22. The number of carbonyl (C=O) groups excluding carboxylic acids is 2. The molecule has 3 amide bonds. The Hall–Kier alpha value is -2.70. The molecule has 1 aromatic heterocycles. The number of amidine groups is 1. The summed E-state index contributed by atoms with van der Waals surface area (Å²) in [6.45, 7) is 16.4. The zero-order valence-corrected chi connectivity index (χ0v) is 15.5. The number of rotatable bonds is 4. The Balaban J connectivity index is 2.14. The van der Waals surface area contributed by atoms with Gasteiger partial charge < -0.3 is 0 Å². The van der Waals surface area contributed by atoms with Gasteiger partial charge in [-0.1, -0.05) is 23.7 Å². The fourth-order valence-electron chi connectivity index (χ4n) is 3.38. The van der Waals surface area contributed by atoms with Crippen LogP contribution in [0, 0.1) is 13.8 Å². The number of nitrogens with zero attached hydrogens (tertiary/aromatic N) is 5. The fourth-order valence-corrected chi connectivity index (χ4v) is 3.38. The molecule has 2 aliphatic heterocycles. The Kier molecular flexibility index (Phi) is 3.89. The summed E-state index contributed by atoms with van der Waals surface area (Å²) >= 11 is 0. The third-order valence-corrected chi connectivity index (χ3v) is 4.68. The van der Waals surface area contributed by atoms with E-state index in [0.717, 1.165) is 22.5 Å². The maximum atomic E-state index is 13.1. The second-order valence-electron chi connectivity index (χ2n) is 6.98. The molecule has 7 heteroatoms. The van der Waals surface area contributed by atoms with Crippen molar-refractivity contribution in [2.45, 2.75) is 40.3 Å². The number of imide groups is 1. The molecule has 2 aliphatic rings. The minimum atomic E-state index is -0.609. The molecule has 1 unspecified atom stereocenters. The van der Waals surface area contributed by atoms with Crippen molar-refractivity contribution in [3.63, 3.8) is 0 Å². The van der Waals surface area contributed by atoms with E-state index in [1.54, 1.807) is 14.0 Å². The Morgan fingerprint density at radius 1 is 1.20 bits per heavy atom. The summed E-state index contributed by atoms with van der Waals surface area (Å²) in [6, 6.07) is -0.975. The Morgan fingerprint density at radius 3 is 2.40 bits per heavy atom. The van der Waals surface area contributed by atoms with Gasteiger partial charge in [-0.3, -0.25) is 14.6 Å². The maximum absolute atomic E-state index is 13.1. The number of hydrogen-bond donors (Lipinski definition) is 0. The number of allylic oxidation sites excluding steroid dienone is 1. The van der Waals surface area contributed by atoms with Gasteiger partial charge in [-0.15, -0.1) is 0 Å². The third kappa shape index (κ3) is 2.42. The number of aromatic nitrogens is 2. The molecule has 0 aromatic carbocycles. The van der Waals surface area contributed by atoms with Crippen molar-refractivity contribution in [2.24, 2.45) is 4.99 Å². The molecule has 25 heavy (non-hydrogen) atoms. The lowest BCUT2D eigenvalue weighted by molar-refractivity contribution is -0.681. The normalized spacial score (nSPS) is 19.1. The van der Waals surface area contributed by atoms with Gasteiger partial charge in [0, 0.05) is 7.05 Å². The highest BCUT2D eigenvalue weighted by atomic mass is 16.2. The number of urea groups is 1. The number of amides is 3. The van der Waals surface area contributed by atoms with Gasteiger partial charge in [0.1, 0.15) is 11.4 Å². The molecule has 3 heterocycles. The van der Waals surface area contributed by atoms with Gasteiger partial charge in [0.15, 0.2) is 0 Å². The topological polar surface area (TPSA) is 61.8 Å². The maximum Gasteiger partial charge on any atom is 0.402 e. The van der Waals surface area contributed by atoms with Crippen molar-refractivity contribution in [2.75, 3.05) is 13.6 Å². The van der Waals surface area contributed by atoms with Crippen LogP contribution in [0.4, 0.5) is 10.7 Å². The van der Waals surface area contributed by atoms with Crippen LogP contribution in [0.15, 0.2) is 29.3 Å². The average molecular weight is 342 g/mol. The van der Waals surface area contributed by atoms with Crippen molar-refractivity contribution in [3.8, 4) is 0 Å². The predicted molar refractivity (Wildman–Crippen MR) is 94.7 cm³/mol. The molecule has 0 bridgehead atoms. The van der Waals surface area contributed by atoms with Crippen molar-refractivity contribution in [1.29, 1.82) is 0 Å². The van der Waals surface area contributed by atoms with Gasteiger partial charge in [-0.2, -0.15) is 0 Å². The number of carbonyl (C=O) groups is 2. The summed E-state index contributed by atoms with van der Waals surface area (Å²) in [5.74, 6) is 0.897. The Bertz CT molecular complexity index is 861. The van der Waals surface area contributed by atoms with Crippen LogP contribution >= 0.6 is 0 Å². The molecule has 3 rings (SSSR count). The smallest absolute Gasteiger partial charge is 0.270 e. The quantitative estimate of drug-likeness (QED) is 0.621. The van der Waals surface area contributed by atoms with Gasteiger partial charge in [-0.25, -0.2) is 13.9 Å². The summed E-state index contributed by atoms with van der Waals surface area (Å²) < 4.78 is 3.96. The highest BCUT2D eigenvalue weighted by molar-refractivity contribution is 6.20. The highest BCUT2D eigenvalue weighted by Gasteiger charge is 2.54. The first-order chi connectivity index (χ1) is 11.6. The standard InChI is InChI=1S/C18H24N5O2/c1-10(2)8-21-12(5)13(6)23-14-15(19-17(21)23)20(7)18(25)22(16(14)24)9-11(3)4/h14H,1,3,8-9H2,2,4-7H3/q+1. The third-order valence-electron chi connectivity index (χ3n) is 4.68. The van der Waals surface area contributed by atoms with Crippen LogP contribution in [0.2, 0.25) is 0 Å². The lowest BCUT2D eigenvalue weighted by atomic mass is 10.1. The van der Waals surface area contributed by atoms with Gasteiger partial charge in [0.2, 0.25) is 11.9 Å². The zero-order chi connectivity index (χ0) is 18.6. The average Bonchev–Trinajstić information content (AvgIpc) is 3.01. The molecule has 0 radical (unpaired) electrons. The van der Waals surface area contributed by atoms with Crippen molar-refractivity contribution < 1.29 is 14.2 Å². The van der Waals surface area contributed by atoms with E-state index in [-0.39, 0.29) is 18.5 Å².